The second kappa shape index (κ2) is 7.74. The summed E-state index contributed by atoms with van der Waals surface area (Å²) < 4.78 is 14.2. The van der Waals surface area contributed by atoms with Gasteiger partial charge in [-0.15, -0.1) is 0 Å². The number of benzene rings is 1. The van der Waals surface area contributed by atoms with Crippen LogP contribution in [0.2, 0.25) is 0 Å². The van der Waals surface area contributed by atoms with E-state index in [1.54, 1.807) is 12.1 Å². The van der Waals surface area contributed by atoms with Crippen molar-refractivity contribution >= 4 is 5.84 Å². The van der Waals surface area contributed by atoms with E-state index < -0.39 is 5.82 Å². The Kier molecular flexibility index (Phi) is 6.29. The molecule has 4 nitrogen and oxygen atoms in total. The number of rotatable bonds is 7. The molecular formula is C14H22FN3O. The SMILES string of the molecule is CCCCN(CC)Cc1cccc(/C(N)=N/O)c1F. The number of hydrogen-bond acceptors (Lipinski definition) is 3. The van der Waals surface area contributed by atoms with Crippen LogP contribution in [0.3, 0.4) is 0 Å². The van der Waals surface area contributed by atoms with Crippen molar-refractivity contribution in [3.8, 4) is 0 Å². The fourth-order valence-corrected chi connectivity index (χ4v) is 1.93. The van der Waals surface area contributed by atoms with Gasteiger partial charge in [0.05, 0.1) is 5.56 Å². The molecule has 0 spiro atoms. The Labute approximate surface area is 113 Å². The Balaban J connectivity index is 2.89. The van der Waals surface area contributed by atoms with E-state index in [0.717, 1.165) is 25.9 Å². The number of nitrogens with zero attached hydrogens (tertiary/aromatic N) is 2. The molecule has 0 aliphatic carbocycles. The molecule has 0 heterocycles. The molecule has 5 heteroatoms. The highest BCUT2D eigenvalue weighted by molar-refractivity contribution is 5.97. The zero-order valence-corrected chi connectivity index (χ0v) is 11.6. The van der Waals surface area contributed by atoms with Crippen molar-refractivity contribution in [2.45, 2.75) is 33.2 Å². The van der Waals surface area contributed by atoms with Gasteiger partial charge in [0.25, 0.3) is 0 Å². The topological polar surface area (TPSA) is 61.8 Å². The molecule has 106 valence electrons. The van der Waals surface area contributed by atoms with Gasteiger partial charge >= 0.3 is 0 Å². The number of unbranched alkanes of at least 4 members (excludes halogenated alkanes) is 1. The summed E-state index contributed by atoms with van der Waals surface area (Å²) in [6.45, 7) is 6.54. The predicted octanol–water partition coefficient (Wildman–Crippen LogP) is 2.54. The van der Waals surface area contributed by atoms with Crippen LogP contribution < -0.4 is 5.73 Å². The average molecular weight is 267 g/mol. The normalized spacial score (nSPS) is 12.1. The van der Waals surface area contributed by atoms with Gasteiger partial charge in [-0.2, -0.15) is 0 Å². The lowest BCUT2D eigenvalue weighted by Gasteiger charge is -2.20. The van der Waals surface area contributed by atoms with Gasteiger partial charge in [0, 0.05) is 12.1 Å². The van der Waals surface area contributed by atoms with Crippen LogP contribution >= 0.6 is 0 Å². The first kappa shape index (κ1) is 15.4. The third-order valence-electron chi connectivity index (χ3n) is 3.13. The van der Waals surface area contributed by atoms with E-state index in [1.165, 1.54) is 6.07 Å². The summed E-state index contributed by atoms with van der Waals surface area (Å²) in [7, 11) is 0. The Hall–Kier alpha value is -1.62. The van der Waals surface area contributed by atoms with Gasteiger partial charge in [-0.3, -0.25) is 4.90 Å². The molecule has 1 aromatic carbocycles. The molecule has 3 N–H and O–H groups in total. The van der Waals surface area contributed by atoms with Crippen molar-refractivity contribution in [2.75, 3.05) is 13.1 Å². The van der Waals surface area contributed by atoms with E-state index in [1.807, 2.05) is 0 Å². The molecule has 0 atom stereocenters. The molecule has 0 aromatic heterocycles. The van der Waals surface area contributed by atoms with Crippen LogP contribution in [0.15, 0.2) is 23.4 Å². The Morgan fingerprint density at radius 3 is 2.74 bits per heavy atom. The van der Waals surface area contributed by atoms with Gasteiger partial charge in [-0.25, -0.2) is 4.39 Å². The fraction of sp³-hybridized carbons (Fsp3) is 0.500. The molecule has 0 saturated carbocycles. The van der Waals surface area contributed by atoms with Crippen molar-refractivity contribution < 1.29 is 9.60 Å². The smallest absolute Gasteiger partial charge is 0.173 e. The van der Waals surface area contributed by atoms with Crippen LogP contribution in [0, 0.1) is 5.82 Å². The predicted molar refractivity (Wildman–Crippen MR) is 74.8 cm³/mol. The van der Waals surface area contributed by atoms with Crippen molar-refractivity contribution in [1.29, 1.82) is 0 Å². The molecule has 0 aliphatic heterocycles. The maximum Gasteiger partial charge on any atom is 0.173 e. The second-order valence-corrected chi connectivity index (χ2v) is 4.49. The highest BCUT2D eigenvalue weighted by Crippen LogP contribution is 2.15. The van der Waals surface area contributed by atoms with Crippen molar-refractivity contribution in [3.05, 3.63) is 35.1 Å². The van der Waals surface area contributed by atoms with Crippen LogP contribution in [-0.4, -0.2) is 29.0 Å². The molecule has 0 aliphatic rings. The quantitative estimate of drug-likeness (QED) is 0.345. The van der Waals surface area contributed by atoms with E-state index in [0.29, 0.717) is 12.1 Å². The average Bonchev–Trinajstić information content (AvgIpc) is 2.44. The summed E-state index contributed by atoms with van der Waals surface area (Å²) in [5.74, 6) is -0.608. The minimum absolute atomic E-state index is 0.145. The Bertz CT molecular complexity index is 435. The number of amidine groups is 1. The molecule has 0 unspecified atom stereocenters. The molecule has 0 amide bonds. The molecular weight excluding hydrogens is 245 g/mol. The van der Waals surface area contributed by atoms with Crippen LogP contribution in [0.5, 0.6) is 0 Å². The van der Waals surface area contributed by atoms with E-state index in [2.05, 4.69) is 23.9 Å². The summed E-state index contributed by atoms with van der Waals surface area (Å²) in [5, 5.41) is 11.5. The largest absolute Gasteiger partial charge is 0.409 e. The maximum absolute atomic E-state index is 14.2. The number of oxime groups is 1. The molecule has 1 rings (SSSR count). The van der Waals surface area contributed by atoms with Crippen LogP contribution in [0.4, 0.5) is 4.39 Å². The summed E-state index contributed by atoms with van der Waals surface area (Å²) in [6, 6.07) is 4.97. The van der Waals surface area contributed by atoms with E-state index in [9.17, 15) is 4.39 Å². The van der Waals surface area contributed by atoms with Crippen molar-refractivity contribution in [3.63, 3.8) is 0 Å². The Morgan fingerprint density at radius 1 is 1.42 bits per heavy atom. The highest BCUT2D eigenvalue weighted by Gasteiger charge is 2.13. The lowest BCUT2D eigenvalue weighted by molar-refractivity contribution is 0.271. The summed E-state index contributed by atoms with van der Waals surface area (Å²) in [5.41, 5.74) is 6.17. The van der Waals surface area contributed by atoms with E-state index >= 15 is 0 Å². The number of nitrogens with two attached hydrogens (primary N) is 1. The molecule has 0 saturated heterocycles. The van der Waals surface area contributed by atoms with E-state index in [4.69, 9.17) is 10.9 Å². The van der Waals surface area contributed by atoms with Gasteiger partial charge in [0.2, 0.25) is 0 Å². The maximum atomic E-state index is 14.2. The van der Waals surface area contributed by atoms with Gasteiger partial charge < -0.3 is 10.9 Å². The lowest BCUT2D eigenvalue weighted by atomic mass is 10.1. The van der Waals surface area contributed by atoms with Crippen molar-refractivity contribution in [2.24, 2.45) is 10.9 Å². The standard InChI is InChI=1S/C14H22FN3O/c1-3-5-9-18(4-2)10-11-7-6-8-12(13(11)15)14(16)17-19/h6-8,19H,3-5,9-10H2,1-2H3,(H2,16,17). The first-order chi connectivity index (χ1) is 9.13. The first-order valence-corrected chi connectivity index (χ1v) is 6.61. The lowest BCUT2D eigenvalue weighted by Crippen LogP contribution is -2.25. The summed E-state index contributed by atoms with van der Waals surface area (Å²) in [6.07, 6.45) is 2.21. The van der Waals surface area contributed by atoms with E-state index in [-0.39, 0.29) is 11.4 Å². The zero-order chi connectivity index (χ0) is 14.3. The van der Waals surface area contributed by atoms with Crippen LogP contribution in [0.1, 0.15) is 37.8 Å². The first-order valence-electron chi connectivity index (χ1n) is 6.61. The fourth-order valence-electron chi connectivity index (χ4n) is 1.93. The summed E-state index contributed by atoms with van der Waals surface area (Å²) in [4.78, 5) is 2.18. The van der Waals surface area contributed by atoms with Crippen LogP contribution in [-0.2, 0) is 6.54 Å². The molecule has 19 heavy (non-hydrogen) atoms. The zero-order valence-electron chi connectivity index (χ0n) is 11.6. The number of halogens is 1. The highest BCUT2D eigenvalue weighted by atomic mass is 19.1. The van der Waals surface area contributed by atoms with Crippen molar-refractivity contribution in [1.82, 2.24) is 4.90 Å². The molecule has 0 radical (unpaired) electrons. The minimum Gasteiger partial charge on any atom is -0.409 e. The number of hydrogen-bond donors (Lipinski definition) is 2. The molecule has 0 fully saturated rings. The van der Waals surface area contributed by atoms with Gasteiger partial charge in [-0.05, 0) is 25.6 Å². The van der Waals surface area contributed by atoms with Gasteiger partial charge in [-0.1, -0.05) is 37.6 Å². The molecule has 0 bridgehead atoms. The summed E-state index contributed by atoms with van der Waals surface area (Å²) >= 11 is 0. The van der Waals surface area contributed by atoms with Gasteiger partial charge in [0.1, 0.15) is 5.82 Å². The third kappa shape index (κ3) is 4.21. The third-order valence-corrected chi connectivity index (χ3v) is 3.13. The van der Waals surface area contributed by atoms with Crippen LogP contribution in [0.25, 0.3) is 0 Å². The van der Waals surface area contributed by atoms with Gasteiger partial charge in [0.15, 0.2) is 5.84 Å². The Morgan fingerprint density at radius 2 is 2.16 bits per heavy atom. The second-order valence-electron chi connectivity index (χ2n) is 4.49. The molecule has 1 aromatic rings. The monoisotopic (exact) mass is 267 g/mol. The minimum atomic E-state index is -0.409.